The molecule has 0 aliphatic heterocycles. The molecule has 0 aromatic carbocycles. The summed E-state index contributed by atoms with van der Waals surface area (Å²) < 4.78 is 14.8. The fourth-order valence-corrected chi connectivity index (χ4v) is 2.85. The molecule has 2 N–H and O–H groups in total. The van der Waals surface area contributed by atoms with Gasteiger partial charge in [-0.3, -0.25) is 4.52 Å². The van der Waals surface area contributed by atoms with E-state index in [4.69, 9.17) is 9.79 Å². The molecule has 0 aliphatic carbocycles. The first-order chi connectivity index (χ1) is 10.1. The summed E-state index contributed by atoms with van der Waals surface area (Å²) in [6.07, 6.45) is 17.8. The van der Waals surface area contributed by atoms with Crippen molar-refractivity contribution >= 4 is 76.7 Å². The number of unbranched alkanes of at least 4 members (excludes halogenated alkanes) is 13. The molecule has 0 saturated heterocycles. The van der Waals surface area contributed by atoms with Crippen molar-refractivity contribution in [1.29, 1.82) is 0 Å². The molecule has 6 heteroatoms. The SMILES string of the molecule is CCCCCCCCCCCCCCCCOP(=O)(O)O.[CsH]. The molecule has 0 unspecified atom stereocenters. The van der Waals surface area contributed by atoms with Crippen LogP contribution in [0.2, 0.25) is 0 Å². The van der Waals surface area contributed by atoms with E-state index in [1.54, 1.807) is 0 Å². The average Bonchev–Trinajstić information content (AvgIpc) is 2.42. The normalized spacial score (nSPS) is 11.4. The molecular formula is C16H36CsO4P. The van der Waals surface area contributed by atoms with Gasteiger partial charge in [0.15, 0.2) is 0 Å². The minimum absolute atomic E-state index is 0. The van der Waals surface area contributed by atoms with Gasteiger partial charge >= 0.3 is 76.7 Å². The zero-order chi connectivity index (χ0) is 15.8. The van der Waals surface area contributed by atoms with Gasteiger partial charge in [0.05, 0.1) is 6.61 Å². The molecule has 0 amide bonds. The Bertz CT molecular complexity index is 259. The van der Waals surface area contributed by atoms with Gasteiger partial charge in [-0.25, -0.2) is 4.57 Å². The van der Waals surface area contributed by atoms with Gasteiger partial charge in [0.2, 0.25) is 0 Å². The van der Waals surface area contributed by atoms with E-state index in [2.05, 4.69) is 11.4 Å². The molecule has 0 aromatic heterocycles. The fraction of sp³-hybridized carbons (Fsp3) is 1.00. The number of rotatable bonds is 16. The van der Waals surface area contributed by atoms with Crippen LogP contribution >= 0.6 is 7.82 Å². The third kappa shape index (κ3) is 24.4. The number of hydrogen-bond acceptors (Lipinski definition) is 2. The van der Waals surface area contributed by atoms with Crippen molar-refractivity contribution in [2.24, 2.45) is 0 Å². The van der Waals surface area contributed by atoms with Crippen LogP contribution in [-0.2, 0) is 9.09 Å². The van der Waals surface area contributed by atoms with E-state index >= 15 is 0 Å². The molecule has 0 fully saturated rings. The van der Waals surface area contributed by atoms with Crippen LogP contribution in [0.25, 0.3) is 0 Å². The van der Waals surface area contributed by atoms with Gasteiger partial charge < -0.3 is 9.79 Å². The molecule has 0 spiro atoms. The fourth-order valence-electron chi connectivity index (χ4n) is 2.48. The maximum absolute atomic E-state index is 10.4. The molecule has 130 valence electrons. The second-order valence-electron chi connectivity index (χ2n) is 5.92. The van der Waals surface area contributed by atoms with E-state index in [0.717, 1.165) is 19.3 Å². The summed E-state index contributed by atoms with van der Waals surface area (Å²) in [4.78, 5) is 17.0. The van der Waals surface area contributed by atoms with Crippen LogP contribution in [0.4, 0.5) is 0 Å². The summed E-state index contributed by atoms with van der Waals surface area (Å²) in [7, 11) is -4.25. The quantitative estimate of drug-likeness (QED) is 0.255. The summed E-state index contributed by atoms with van der Waals surface area (Å²) in [5, 5.41) is 0. The zero-order valence-electron chi connectivity index (χ0n) is 13.8. The summed E-state index contributed by atoms with van der Waals surface area (Å²) in [6.45, 7) is 2.42. The van der Waals surface area contributed by atoms with E-state index < -0.39 is 7.82 Å². The van der Waals surface area contributed by atoms with Gasteiger partial charge in [-0.15, -0.1) is 0 Å². The predicted molar refractivity (Wildman–Crippen MR) is 95.5 cm³/mol. The Hall–Kier alpha value is 2.16. The molecule has 0 saturated carbocycles. The molecule has 22 heavy (non-hydrogen) atoms. The third-order valence-corrected chi connectivity index (χ3v) is 4.28. The monoisotopic (exact) mass is 456 g/mol. The Morgan fingerprint density at radius 3 is 1.32 bits per heavy atom. The van der Waals surface area contributed by atoms with E-state index in [-0.39, 0.29) is 75.5 Å². The molecule has 0 atom stereocenters. The summed E-state index contributed by atoms with van der Waals surface area (Å²) in [6, 6.07) is 0. The van der Waals surface area contributed by atoms with Gasteiger partial charge in [0, 0.05) is 0 Å². The molecule has 0 heterocycles. The van der Waals surface area contributed by atoms with Crippen LogP contribution in [0.15, 0.2) is 0 Å². The van der Waals surface area contributed by atoms with Gasteiger partial charge in [0.1, 0.15) is 0 Å². The zero-order valence-corrected chi connectivity index (χ0v) is 14.7. The Labute approximate surface area is 196 Å². The Morgan fingerprint density at radius 1 is 0.682 bits per heavy atom. The average molecular weight is 456 g/mol. The van der Waals surface area contributed by atoms with E-state index in [1.807, 2.05) is 0 Å². The molecule has 0 aromatic rings. The van der Waals surface area contributed by atoms with Crippen molar-refractivity contribution in [2.75, 3.05) is 6.61 Å². The van der Waals surface area contributed by atoms with Crippen LogP contribution in [0.1, 0.15) is 96.8 Å². The minimum atomic E-state index is -4.25. The first-order valence-corrected chi connectivity index (χ1v) is 10.3. The molecule has 0 radical (unpaired) electrons. The van der Waals surface area contributed by atoms with E-state index in [9.17, 15) is 4.57 Å². The van der Waals surface area contributed by atoms with Crippen molar-refractivity contribution in [3.05, 3.63) is 0 Å². The van der Waals surface area contributed by atoms with Crippen LogP contribution in [0, 0.1) is 0 Å². The molecule has 4 nitrogen and oxygen atoms in total. The van der Waals surface area contributed by atoms with Crippen LogP contribution in [0.3, 0.4) is 0 Å². The topological polar surface area (TPSA) is 66.8 Å². The van der Waals surface area contributed by atoms with Gasteiger partial charge in [-0.1, -0.05) is 90.4 Å². The first kappa shape index (κ1) is 26.4. The van der Waals surface area contributed by atoms with Crippen LogP contribution in [-0.4, -0.2) is 85.3 Å². The number of phosphoric acid groups is 1. The maximum atomic E-state index is 10.4. The van der Waals surface area contributed by atoms with E-state index in [1.165, 1.54) is 70.6 Å². The second kappa shape index (κ2) is 19.5. The van der Waals surface area contributed by atoms with E-state index in [0.29, 0.717) is 0 Å². The summed E-state index contributed by atoms with van der Waals surface area (Å²) >= 11 is 0. The molecular weight excluding hydrogens is 420 g/mol. The van der Waals surface area contributed by atoms with Gasteiger partial charge in [-0.05, 0) is 6.42 Å². The molecule has 0 aliphatic rings. The second-order valence-corrected chi connectivity index (χ2v) is 7.16. The van der Waals surface area contributed by atoms with Crippen molar-refractivity contribution in [1.82, 2.24) is 0 Å². The van der Waals surface area contributed by atoms with Crippen LogP contribution in [0.5, 0.6) is 0 Å². The third-order valence-electron chi connectivity index (χ3n) is 3.76. The van der Waals surface area contributed by atoms with Crippen LogP contribution < -0.4 is 0 Å². The summed E-state index contributed by atoms with van der Waals surface area (Å²) in [5.41, 5.74) is 0. The van der Waals surface area contributed by atoms with Crippen molar-refractivity contribution in [3.63, 3.8) is 0 Å². The Balaban J connectivity index is 0. The number of hydrogen-bond donors (Lipinski definition) is 2. The Morgan fingerprint density at radius 2 is 1.00 bits per heavy atom. The van der Waals surface area contributed by atoms with Gasteiger partial charge in [0.25, 0.3) is 0 Å². The van der Waals surface area contributed by atoms with Crippen molar-refractivity contribution in [3.8, 4) is 0 Å². The Kier molecular flexibility index (Phi) is 23.4. The van der Waals surface area contributed by atoms with Gasteiger partial charge in [-0.2, -0.15) is 0 Å². The molecule has 0 rings (SSSR count). The summed E-state index contributed by atoms with van der Waals surface area (Å²) in [5.74, 6) is 0. The van der Waals surface area contributed by atoms with Crippen molar-refractivity contribution in [2.45, 2.75) is 96.8 Å². The number of phosphoric ester groups is 1. The first-order valence-electron chi connectivity index (χ1n) is 8.76. The van der Waals surface area contributed by atoms with Crippen molar-refractivity contribution < 1.29 is 18.9 Å². The standard InChI is InChI=1S/C16H35O4P.Cs.H/c1-2-3-4-5-6-7-8-9-10-11-12-13-14-15-16-20-21(17,18)19;;/h2-16H2,1H3,(H2,17,18,19);;. The predicted octanol–water partition coefficient (Wildman–Crippen LogP) is 4.93. The molecule has 0 bridgehead atoms.